The number of pyridine rings is 1. The van der Waals surface area contributed by atoms with Gasteiger partial charge >= 0.3 is 0 Å². The summed E-state index contributed by atoms with van der Waals surface area (Å²) in [5.74, 6) is 0.267. The average molecular weight is 218 g/mol. The van der Waals surface area contributed by atoms with E-state index in [-0.39, 0.29) is 22.2 Å². The topological polar surface area (TPSA) is 24.1 Å². The first kappa shape index (κ1) is 9.88. The van der Waals surface area contributed by atoms with Crippen molar-refractivity contribution in [1.82, 2.24) is 0 Å². The second-order valence-corrected chi connectivity index (χ2v) is 2.69. The number of rotatable bonds is 0. The maximum Gasteiger partial charge on any atom is 0.153 e. The van der Waals surface area contributed by atoms with Crippen molar-refractivity contribution in [2.24, 2.45) is 0 Å². The summed E-state index contributed by atoms with van der Waals surface area (Å²) in [5, 5.41) is 10.5. The van der Waals surface area contributed by atoms with Gasteiger partial charge in [-0.25, -0.2) is 0 Å². The van der Waals surface area contributed by atoms with Gasteiger partial charge in [0.2, 0.25) is 0 Å². The fourth-order valence-corrected chi connectivity index (χ4v) is 1.32. The first-order valence-corrected chi connectivity index (χ1v) is 3.72. The van der Waals surface area contributed by atoms with Crippen LogP contribution in [0.2, 0.25) is 0 Å². The van der Waals surface area contributed by atoms with Crippen molar-refractivity contribution < 1.29 is 26.2 Å². The zero-order valence-electron chi connectivity index (χ0n) is 6.88. The van der Waals surface area contributed by atoms with Gasteiger partial charge in [0.05, 0.1) is 6.20 Å². The molecule has 0 aliphatic carbocycles. The minimum absolute atomic E-state index is 0. The molecule has 13 heavy (non-hydrogen) atoms. The molecule has 0 aliphatic heterocycles. The average Bonchev–Trinajstić information content (AvgIpc) is 2.04. The number of nitrogens with zero attached hydrogens (tertiary/aromatic N) is 1. The van der Waals surface area contributed by atoms with Gasteiger partial charge in [0.15, 0.2) is 5.52 Å². The molecule has 1 N–H and O–H groups in total. The standard InChI is InChI=1S/C10H9NO.Ni/c1-11-7-3-5-8-4-2-6-9(12)10(8)11;/h2-7,12H,1H2;. The summed E-state index contributed by atoms with van der Waals surface area (Å²) in [6, 6.07) is 9.25. The van der Waals surface area contributed by atoms with Crippen LogP contribution in [-0.4, -0.2) is 5.11 Å². The molecule has 0 atom stereocenters. The minimum atomic E-state index is 0. The molecule has 3 heteroatoms. The van der Waals surface area contributed by atoms with Gasteiger partial charge in [-0.3, -0.25) is 0 Å². The van der Waals surface area contributed by atoms with Gasteiger partial charge in [0.1, 0.15) is 5.75 Å². The predicted octanol–water partition coefficient (Wildman–Crippen LogP) is 1.47. The summed E-state index contributed by atoms with van der Waals surface area (Å²) in [7, 11) is 3.77. The van der Waals surface area contributed by atoms with E-state index in [1.54, 1.807) is 10.6 Å². The first-order chi connectivity index (χ1) is 5.79. The van der Waals surface area contributed by atoms with Crippen LogP contribution in [0.1, 0.15) is 0 Å². The Balaban J connectivity index is 0.000000845. The van der Waals surface area contributed by atoms with Gasteiger partial charge < -0.3 is 9.67 Å². The minimum Gasteiger partial charge on any atom is -0.514 e. The van der Waals surface area contributed by atoms with E-state index in [1.807, 2.05) is 30.5 Å². The van der Waals surface area contributed by atoms with Crippen LogP contribution in [0.25, 0.3) is 10.9 Å². The molecule has 0 amide bonds. The van der Waals surface area contributed by atoms with Gasteiger partial charge in [-0.1, -0.05) is 24.3 Å². The number of aromatic nitrogens is 1. The SMILES string of the molecule is [CH2-][n+]1cccc2cccc(O)c21.[Ni]. The summed E-state index contributed by atoms with van der Waals surface area (Å²) in [4.78, 5) is 0. The van der Waals surface area contributed by atoms with Crippen LogP contribution in [0.5, 0.6) is 5.75 Å². The van der Waals surface area contributed by atoms with Crippen molar-refractivity contribution in [1.29, 1.82) is 0 Å². The van der Waals surface area contributed by atoms with Crippen LogP contribution in [0.4, 0.5) is 0 Å². The molecular formula is C10H9NNiO. The molecule has 1 aromatic carbocycles. The van der Waals surface area contributed by atoms with Crippen molar-refractivity contribution in [3.8, 4) is 5.75 Å². The Kier molecular flexibility index (Phi) is 2.79. The molecule has 0 aliphatic rings. The fourth-order valence-electron chi connectivity index (χ4n) is 1.32. The van der Waals surface area contributed by atoms with E-state index >= 15 is 0 Å². The molecule has 0 bridgehead atoms. The number of hydrogen-bond donors (Lipinski definition) is 1. The summed E-state index contributed by atoms with van der Waals surface area (Å²) in [6.45, 7) is 0. The third kappa shape index (κ3) is 1.61. The number of fused-ring (bicyclic) bond motifs is 1. The van der Waals surface area contributed by atoms with E-state index in [0.29, 0.717) is 0 Å². The molecule has 0 saturated heterocycles. The molecule has 0 radical (unpaired) electrons. The van der Waals surface area contributed by atoms with E-state index < -0.39 is 0 Å². The molecule has 2 rings (SSSR count). The number of para-hydroxylation sites is 1. The molecular weight excluding hydrogens is 209 g/mol. The van der Waals surface area contributed by atoms with Gasteiger partial charge in [-0.15, -0.1) is 0 Å². The van der Waals surface area contributed by atoms with Crippen molar-refractivity contribution >= 4 is 10.9 Å². The largest absolute Gasteiger partial charge is 0.514 e. The number of phenolic OH excluding ortho intramolecular Hbond substituents is 1. The summed E-state index contributed by atoms with van der Waals surface area (Å²) in [5.41, 5.74) is 0.764. The smallest absolute Gasteiger partial charge is 0.153 e. The Labute approximate surface area is 86.7 Å². The van der Waals surface area contributed by atoms with Gasteiger partial charge in [-0.2, -0.15) is 0 Å². The molecule has 1 aromatic heterocycles. The van der Waals surface area contributed by atoms with E-state index in [9.17, 15) is 5.11 Å². The van der Waals surface area contributed by atoms with Gasteiger partial charge in [0, 0.05) is 23.5 Å². The molecule has 2 nitrogen and oxygen atoms in total. The quantitative estimate of drug-likeness (QED) is 0.404. The Morgan fingerprint density at radius 3 is 2.54 bits per heavy atom. The van der Waals surface area contributed by atoms with Crippen LogP contribution in [0, 0.1) is 7.05 Å². The maximum absolute atomic E-state index is 9.49. The molecule has 0 fully saturated rings. The third-order valence-electron chi connectivity index (χ3n) is 1.87. The van der Waals surface area contributed by atoms with E-state index in [0.717, 1.165) is 10.9 Å². The van der Waals surface area contributed by atoms with Crippen LogP contribution in [0.15, 0.2) is 36.5 Å². The fraction of sp³-hybridized carbons (Fsp3) is 0. The molecule has 1 heterocycles. The number of phenols is 1. The van der Waals surface area contributed by atoms with Crippen LogP contribution < -0.4 is 4.57 Å². The molecule has 0 saturated carbocycles. The zero-order valence-corrected chi connectivity index (χ0v) is 7.87. The predicted molar refractivity (Wildman–Crippen MR) is 46.6 cm³/mol. The van der Waals surface area contributed by atoms with Gasteiger partial charge in [-0.05, 0) is 11.5 Å². The van der Waals surface area contributed by atoms with Crippen molar-refractivity contribution in [3.05, 3.63) is 43.6 Å². The molecule has 70 valence electrons. The maximum atomic E-state index is 9.49. The Morgan fingerprint density at radius 1 is 1.15 bits per heavy atom. The van der Waals surface area contributed by atoms with E-state index in [4.69, 9.17) is 0 Å². The Bertz CT molecular complexity index is 391. The van der Waals surface area contributed by atoms with E-state index in [2.05, 4.69) is 7.05 Å². The normalized spacial score (nSPS) is 9.54. The van der Waals surface area contributed by atoms with Crippen molar-refractivity contribution in [2.75, 3.05) is 0 Å². The monoisotopic (exact) mass is 217 g/mol. The van der Waals surface area contributed by atoms with Crippen LogP contribution in [-0.2, 0) is 16.5 Å². The molecule has 0 unspecified atom stereocenters. The Morgan fingerprint density at radius 2 is 1.85 bits per heavy atom. The zero-order chi connectivity index (χ0) is 8.55. The van der Waals surface area contributed by atoms with E-state index in [1.165, 1.54) is 0 Å². The molecule has 2 aromatic rings. The second kappa shape index (κ2) is 3.67. The summed E-state index contributed by atoms with van der Waals surface area (Å²) in [6.07, 6.45) is 1.81. The number of hydrogen-bond acceptors (Lipinski definition) is 1. The van der Waals surface area contributed by atoms with Crippen molar-refractivity contribution in [2.45, 2.75) is 0 Å². The van der Waals surface area contributed by atoms with Crippen molar-refractivity contribution in [3.63, 3.8) is 0 Å². The summed E-state index contributed by atoms with van der Waals surface area (Å²) < 4.78 is 1.66. The van der Waals surface area contributed by atoms with Crippen LogP contribution >= 0.6 is 0 Å². The van der Waals surface area contributed by atoms with Crippen LogP contribution in [0.3, 0.4) is 0 Å². The second-order valence-electron chi connectivity index (χ2n) is 2.69. The first-order valence-electron chi connectivity index (χ1n) is 3.72. The molecule has 0 spiro atoms. The number of benzene rings is 1. The Hall–Kier alpha value is -1.21. The summed E-state index contributed by atoms with van der Waals surface area (Å²) >= 11 is 0. The third-order valence-corrected chi connectivity index (χ3v) is 1.87. The van der Waals surface area contributed by atoms with Gasteiger partial charge in [0.25, 0.3) is 0 Å². The number of aromatic hydroxyl groups is 1.